The molecule has 12 heavy (non-hydrogen) atoms. The minimum absolute atomic E-state index is 0.0219. The van der Waals surface area contributed by atoms with E-state index < -0.39 is 0 Å². The van der Waals surface area contributed by atoms with E-state index in [-0.39, 0.29) is 6.04 Å². The van der Waals surface area contributed by atoms with Crippen LogP contribution < -0.4 is 5.73 Å². The number of aromatic nitrogens is 2. The summed E-state index contributed by atoms with van der Waals surface area (Å²) in [6.07, 6.45) is 4.44. The van der Waals surface area contributed by atoms with Crippen molar-refractivity contribution in [2.45, 2.75) is 19.4 Å². The van der Waals surface area contributed by atoms with Gasteiger partial charge in [-0.2, -0.15) is 0 Å². The first-order chi connectivity index (χ1) is 5.66. The zero-order valence-electron chi connectivity index (χ0n) is 7.62. The Morgan fingerprint density at radius 3 is 2.92 bits per heavy atom. The summed E-state index contributed by atoms with van der Waals surface area (Å²) in [7, 11) is 1.97. The lowest BCUT2D eigenvalue weighted by atomic mass is 10.1. The molecule has 3 nitrogen and oxygen atoms in total. The summed E-state index contributed by atoms with van der Waals surface area (Å²) < 4.78 is 2.01. The molecule has 1 rings (SSSR count). The van der Waals surface area contributed by atoms with Crippen LogP contribution in [0.4, 0.5) is 0 Å². The minimum atomic E-state index is 0.0219. The molecule has 1 aromatic heterocycles. The summed E-state index contributed by atoms with van der Waals surface area (Å²) in [6, 6.07) is 0.0219. The first-order valence-electron chi connectivity index (χ1n) is 4.01. The van der Waals surface area contributed by atoms with E-state index in [0.717, 1.165) is 17.9 Å². The number of hydrogen-bond donors (Lipinski definition) is 1. The van der Waals surface area contributed by atoms with Gasteiger partial charge >= 0.3 is 0 Å². The fourth-order valence-electron chi connectivity index (χ4n) is 1.16. The SMILES string of the molecule is C=CCC(N)c1cnc(C)n1C. The van der Waals surface area contributed by atoms with E-state index in [0.29, 0.717) is 0 Å². The topological polar surface area (TPSA) is 43.8 Å². The molecule has 0 amide bonds. The van der Waals surface area contributed by atoms with Crippen LogP contribution in [0.5, 0.6) is 0 Å². The molecular formula is C9H15N3. The standard InChI is InChI=1S/C9H15N3/c1-4-5-8(10)9-6-11-7(2)12(9)3/h4,6,8H,1,5,10H2,2-3H3. The molecule has 1 heterocycles. The minimum Gasteiger partial charge on any atom is -0.334 e. The van der Waals surface area contributed by atoms with E-state index in [4.69, 9.17) is 5.73 Å². The number of imidazole rings is 1. The lowest BCUT2D eigenvalue weighted by molar-refractivity contribution is 0.660. The molecule has 0 saturated carbocycles. The second-order valence-electron chi connectivity index (χ2n) is 2.92. The van der Waals surface area contributed by atoms with Crippen LogP contribution in [0.3, 0.4) is 0 Å². The molecule has 1 unspecified atom stereocenters. The van der Waals surface area contributed by atoms with Crippen molar-refractivity contribution in [2.24, 2.45) is 12.8 Å². The van der Waals surface area contributed by atoms with Crippen LogP contribution in [-0.4, -0.2) is 9.55 Å². The highest BCUT2D eigenvalue weighted by Crippen LogP contribution is 2.14. The van der Waals surface area contributed by atoms with Crippen molar-refractivity contribution in [3.63, 3.8) is 0 Å². The molecule has 0 fully saturated rings. The predicted octanol–water partition coefficient (Wildman–Crippen LogP) is 1.30. The Bertz CT molecular complexity index is 275. The predicted molar refractivity (Wildman–Crippen MR) is 49.7 cm³/mol. The maximum Gasteiger partial charge on any atom is 0.105 e. The van der Waals surface area contributed by atoms with E-state index in [1.54, 1.807) is 0 Å². The molecule has 0 aliphatic rings. The van der Waals surface area contributed by atoms with Gasteiger partial charge in [0.15, 0.2) is 0 Å². The van der Waals surface area contributed by atoms with Crippen molar-refractivity contribution < 1.29 is 0 Å². The smallest absolute Gasteiger partial charge is 0.105 e. The second-order valence-corrected chi connectivity index (χ2v) is 2.92. The highest BCUT2D eigenvalue weighted by Gasteiger charge is 2.09. The number of nitrogens with zero attached hydrogens (tertiary/aromatic N) is 2. The van der Waals surface area contributed by atoms with Crippen LogP contribution in [0.15, 0.2) is 18.9 Å². The first kappa shape index (κ1) is 9.00. The van der Waals surface area contributed by atoms with Crippen molar-refractivity contribution in [1.82, 2.24) is 9.55 Å². The van der Waals surface area contributed by atoms with Gasteiger partial charge in [-0.05, 0) is 13.3 Å². The van der Waals surface area contributed by atoms with E-state index in [9.17, 15) is 0 Å². The van der Waals surface area contributed by atoms with Crippen molar-refractivity contribution in [3.05, 3.63) is 30.4 Å². The van der Waals surface area contributed by atoms with Gasteiger partial charge in [0.2, 0.25) is 0 Å². The summed E-state index contributed by atoms with van der Waals surface area (Å²) in [6.45, 7) is 5.62. The van der Waals surface area contributed by atoms with Gasteiger partial charge in [-0.25, -0.2) is 4.98 Å². The Kier molecular flexibility index (Phi) is 2.65. The Balaban J connectivity index is 2.87. The number of hydrogen-bond acceptors (Lipinski definition) is 2. The van der Waals surface area contributed by atoms with Crippen molar-refractivity contribution in [2.75, 3.05) is 0 Å². The van der Waals surface area contributed by atoms with Gasteiger partial charge in [0, 0.05) is 7.05 Å². The molecule has 0 radical (unpaired) electrons. The number of nitrogens with two attached hydrogens (primary N) is 1. The number of rotatable bonds is 3. The van der Waals surface area contributed by atoms with E-state index in [1.807, 2.05) is 30.8 Å². The van der Waals surface area contributed by atoms with Crippen molar-refractivity contribution in [1.29, 1.82) is 0 Å². The van der Waals surface area contributed by atoms with Crippen molar-refractivity contribution >= 4 is 0 Å². The van der Waals surface area contributed by atoms with E-state index >= 15 is 0 Å². The summed E-state index contributed by atoms with van der Waals surface area (Å²) in [5.74, 6) is 0.990. The Labute approximate surface area is 72.9 Å². The molecule has 1 aromatic rings. The zero-order valence-corrected chi connectivity index (χ0v) is 7.62. The molecule has 0 aromatic carbocycles. The molecule has 0 spiro atoms. The summed E-state index contributed by atoms with van der Waals surface area (Å²) in [5.41, 5.74) is 6.95. The Morgan fingerprint density at radius 1 is 1.83 bits per heavy atom. The number of aryl methyl sites for hydroxylation is 1. The molecule has 1 atom stereocenters. The average Bonchev–Trinajstić information content (AvgIpc) is 2.34. The van der Waals surface area contributed by atoms with Gasteiger partial charge in [0.05, 0.1) is 17.9 Å². The third-order valence-corrected chi connectivity index (χ3v) is 2.06. The maximum absolute atomic E-state index is 5.89. The highest BCUT2D eigenvalue weighted by atomic mass is 15.1. The lowest BCUT2D eigenvalue weighted by Crippen LogP contribution is -2.13. The van der Waals surface area contributed by atoms with Crippen molar-refractivity contribution in [3.8, 4) is 0 Å². The van der Waals surface area contributed by atoms with E-state index in [2.05, 4.69) is 11.6 Å². The first-order valence-corrected chi connectivity index (χ1v) is 4.01. The molecule has 3 heteroatoms. The monoisotopic (exact) mass is 165 g/mol. The molecule has 0 aliphatic heterocycles. The molecule has 66 valence electrons. The largest absolute Gasteiger partial charge is 0.334 e. The molecule has 2 N–H and O–H groups in total. The van der Waals surface area contributed by atoms with Crippen LogP contribution in [0.1, 0.15) is 24.0 Å². The van der Waals surface area contributed by atoms with Crippen LogP contribution in [0, 0.1) is 6.92 Å². The maximum atomic E-state index is 5.89. The second kappa shape index (κ2) is 3.54. The fourth-order valence-corrected chi connectivity index (χ4v) is 1.16. The van der Waals surface area contributed by atoms with Gasteiger partial charge in [0.25, 0.3) is 0 Å². The van der Waals surface area contributed by atoms with Gasteiger partial charge in [-0.15, -0.1) is 6.58 Å². The molecule has 0 aliphatic carbocycles. The zero-order chi connectivity index (χ0) is 9.14. The molecule has 0 bridgehead atoms. The molecular weight excluding hydrogens is 150 g/mol. The van der Waals surface area contributed by atoms with E-state index in [1.165, 1.54) is 0 Å². The van der Waals surface area contributed by atoms with Crippen LogP contribution in [0.2, 0.25) is 0 Å². The summed E-state index contributed by atoms with van der Waals surface area (Å²) in [4.78, 5) is 4.17. The summed E-state index contributed by atoms with van der Waals surface area (Å²) in [5, 5.41) is 0. The van der Waals surface area contributed by atoms with Gasteiger partial charge in [0.1, 0.15) is 5.82 Å². The van der Waals surface area contributed by atoms with Gasteiger partial charge < -0.3 is 10.3 Å². The van der Waals surface area contributed by atoms with Crippen LogP contribution in [-0.2, 0) is 7.05 Å². The molecule has 0 saturated heterocycles. The van der Waals surface area contributed by atoms with Gasteiger partial charge in [-0.3, -0.25) is 0 Å². The van der Waals surface area contributed by atoms with Gasteiger partial charge in [-0.1, -0.05) is 6.08 Å². The third-order valence-electron chi connectivity index (χ3n) is 2.06. The Hall–Kier alpha value is -1.09. The highest BCUT2D eigenvalue weighted by molar-refractivity contribution is 5.09. The normalized spacial score (nSPS) is 12.9. The van der Waals surface area contributed by atoms with Crippen LogP contribution >= 0.6 is 0 Å². The quantitative estimate of drug-likeness (QED) is 0.686. The lowest BCUT2D eigenvalue weighted by Gasteiger charge is -2.09. The van der Waals surface area contributed by atoms with Crippen LogP contribution in [0.25, 0.3) is 0 Å². The Morgan fingerprint density at radius 2 is 2.50 bits per heavy atom. The fraction of sp³-hybridized carbons (Fsp3) is 0.444. The third kappa shape index (κ3) is 1.56. The average molecular weight is 165 g/mol. The summed E-state index contributed by atoms with van der Waals surface area (Å²) >= 11 is 0.